The van der Waals surface area contributed by atoms with Gasteiger partial charge in [-0.1, -0.05) is 18.7 Å². The van der Waals surface area contributed by atoms with Crippen LogP contribution in [0.1, 0.15) is 6.92 Å². The van der Waals surface area contributed by atoms with E-state index >= 15 is 0 Å². The molecular formula is C8H11N3. The topological polar surface area (TPSA) is 54.7 Å². The zero-order valence-electron chi connectivity index (χ0n) is 6.52. The summed E-state index contributed by atoms with van der Waals surface area (Å²) < 4.78 is 0. The number of nitrogens with zero attached hydrogens (tertiary/aromatic N) is 1. The first-order valence-corrected chi connectivity index (χ1v) is 3.27. The Bertz CT molecular complexity index is 373. The lowest BCUT2D eigenvalue weighted by atomic mass is 10.3. The van der Waals surface area contributed by atoms with Gasteiger partial charge in [0.15, 0.2) is 5.82 Å². The van der Waals surface area contributed by atoms with E-state index in [1.54, 1.807) is 0 Å². The average Bonchev–Trinajstić information content (AvgIpc) is 2.18. The quantitative estimate of drug-likeness (QED) is 0.579. The summed E-state index contributed by atoms with van der Waals surface area (Å²) in [5.74, 6) is 0.470. The molecule has 0 amide bonds. The number of hydrogen-bond donors (Lipinski definition) is 2. The molecule has 0 aliphatic carbocycles. The number of hydrogen-bond acceptors (Lipinski definition) is 2. The van der Waals surface area contributed by atoms with Crippen LogP contribution in [0.15, 0.2) is 12.2 Å². The predicted molar refractivity (Wildman–Crippen MR) is 47.1 cm³/mol. The van der Waals surface area contributed by atoms with Crippen molar-refractivity contribution in [1.29, 1.82) is 0 Å². The van der Waals surface area contributed by atoms with Gasteiger partial charge in [-0.15, -0.1) is 0 Å². The van der Waals surface area contributed by atoms with Gasteiger partial charge in [0.2, 0.25) is 0 Å². The SMILES string of the molecule is C=C(C)/C=c1/c(N)n[nH]c1=C. The standard InChI is InChI=1S/C8H11N3/c1-5(2)4-7-6(3)10-11-8(7)9/h4,10H,1,3H2,2H3,(H2,9,11)/b7-4+. The Balaban J connectivity index is 3.43. The van der Waals surface area contributed by atoms with Gasteiger partial charge in [0.1, 0.15) is 0 Å². The van der Waals surface area contributed by atoms with Gasteiger partial charge in [0, 0.05) is 5.22 Å². The van der Waals surface area contributed by atoms with Gasteiger partial charge >= 0.3 is 0 Å². The number of aromatic amines is 1. The zero-order valence-corrected chi connectivity index (χ0v) is 6.52. The van der Waals surface area contributed by atoms with Crippen LogP contribution in [-0.2, 0) is 0 Å². The molecule has 3 heteroatoms. The van der Waals surface area contributed by atoms with Crippen LogP contribution < -0.4 is 16.3 Å². The van der Waals surface area contributed by atoms with E-state index in [-0.39, 0.29) is 0 Å². The third-order valence-corrected chi connectivity index (χ3v) is 1.30. The fourth-order valence-corrected chi connectivity index (χ4v) is 0.810. The molecule has 11 heavy (non-hydrogen) atoms. The minimum atomic E-state index is 0.470. The maximum absolute atomic E-state index is 5.53. The van der Waals surface area contributed by atoms with E-state index < -0.39 is 0 Å². The van der Waals surface area contributed by atoms with Crippen LogP contribution in [0.25, 0.3) is 12.7 Å². The summed E-state index contributed by atoms with van der Waals surface area (Å²) in [7, 11) is 0. The number of nitrogen functional groups attached to an aromatic ring is 1. The predicted octanol–water partition coefficient (Wildman–Crippen LogP) is -0.241. The van der Waals surface area contributed by atoms with Gasteiger partial charge < -0.3 is 5.73 Å². The highest BCUT2D eigenvalue weighted by Gasteiger charge is 1.92. The first-order chi connectivity index (χ1) is 5.11. The molecule has 0 saturated carbocycles. The van der Waals surface area contributed by atoms with Gasteiger partial charge in [-0.3, -0.25) is 5.10 Å². The van der Waals surface area contributed by atoms with Crippen molar-refractivity contribution in [3.05, 3.63) is 22.7 Å². The normalized spacial score (nSPS) is 11.9. The van der Waals surface area contributed by atoms with E-state index in [0.717, 1.165) is 16.1 Å². The molecule has 0 spiro atoms. The second-order valence-corrected chi connectivity index (χ2v) is 2.49. The van der Waals surface area contributed by atoms with Gasteiger partial charge in [-0.05, 0) is 13.0 Å². The van der Waals surface area contributed by atoms with E-state index in [1.165, 1.54) is 0 Å². The third kappa shape index (κ3) is 1.49. The number of nitrogens with one attached hydrogen (secondary N) is 1. The van der Waals surface area contributed by atoms with Crippen LogP contribution in [0.3, 0.4) is 0 Å². The molecule has 1 heterocycles. The lowest BCUT2D eigenvalue weighted by Crippen LogP contribution is -2.22. The number of aromatic nitrogens is 2. The number of H-pyrrole nitrogens is 1. The number of anilines is 1. The smallest absolute Gasteiger partial charge is 0.153 e. The van der Waals surface area contributed by atoms with Crippen molar-refractivity contribution < 1.29 is 0 Å². The minimum absolute atomic E-state index is 0.470. The molecule has 0 saturated heterocycles. The van der Waals surface area contributed by atoms with Crippen molar-refractivity contribution in [3.8, 4) is 0 Å². The molecule has 0 bridgehead atoms. The monoisotopic (exact) mass is 149 g/mol. The first-order valence-electron chi connectivity index (χ1n) is 3.27. The molecule has 1 rings (SSSR count). The summed E-state index contributed by atoms with van der Waals surface area (Å²) in [6.45, 7) is 9.35. The molecule has 0 fully saturated rings. The van der Waals surface area contributed by atoms with E-state index in [2.05, 4.69) is 23.4 Å². The molecule has 0 aliphatic heterocycles. The number of rotatable bonds is 1. The maximum atomic E-state index is 5.53. The van der Waals surface area contributed by atoms with Crippen LogP contribution in [-0.4, -0.2) is 10.2 Å². The Hall–Kier alpha value is -1.51. The Morgan fingerprint density at radius 2 is 2.36 bits per heavy atom. The van der Waals surface area contributed by atoms with E-state index in [4.69, 9.17) is 5.73 Å². The van der Waals surface area contributed by atoms with Gasteiger partial charge in [-0.2, -0.15) is 5.10 Å². The molecule has 3 nitrogen and oxygen atoms in total. The maximum Gasteiger partial charge on any atom is 0.153 e. The Morgan fingerprint density at radius 1 is 1.73 bits per heavy atom. The summed E-state index contributed by atoms with van der Waals surface area (Å²) in [6.07, 6.45) is 1.85. The fraction of sp³-hybridized carbons (Fsp3) is 0.125. The molecule has 0 unspecified atom stereocenters. The Labute approximate surface area is 64.9 Å². The molecule has 3 N–H and O–H groups in total. The van der Waals surface area contributed by atoms with Crippen LogP contribution in [0.2, 0.25) is 0 Å². The highest BCUT2D eigenvalue weighted by atomic mass is 15.1. The Kier molecular flexibility index (Phi) is 1.81. The zero-order chi connectivity index (χ0) is 8.43. The fourth-order valence-electron chi connectivity index (χ4n) is 0.810. The largest absolute Gasteiger partial charge is 0.382 e. The molecule has 0 aliphatic rings. The average molecular weight is 149 g/mol. The summed E-state index contributed by atoms with van der Waals surface area (Å²) in [4.78, 5) is 0. The van der Waals surface area contributed by atoms with E-state index in [9.17, 15) is 0 Å². The van der Waals surface area contributed by atoms with Gasteiger partial charge in [0.25, 0.3) is 0 Å². The number of nitrogens with two attached hydrogens (primary N) is 1. The highest BCUT2D eigenvalue weighted by Crippen LogP contribution is 1.87. The summed E-state index contributed by atoms with van der Waals surface area (Å²) in [5, 5.41) is 8.03. The van der Waals surface area contributed by atoms with Crippen LogP contribution >= 0.6 is 0 Å². The lowest BCUT2D eigenvalue weighted by Gasteiger charge is -1.83. The van der Waals surface area contributed by atoms with E-state index in [0.29, 0.717) is 5.82 Å². The second kappa shape index (κ2) is 2.62. The molecule has 58 valence electrons. The summed E-state index contributed by atoms with van der Waals surface area (Å²) >= 11 is 0. The van der Waals surface area contributed by atoms with Crippen molar-refractivity contribution in [1.82, 2.24) is 10.2 Å². The van der Waals surface area contributed by atoms with Crippen molar-refractivity contribution in [2.24, 2.45) is 0 Å². The molecule has 0 radical (unpaired) electrons. The van der Waals surface area contributed by atoms with Crippen molar-refractivity contribution >= 4 is 18.5 Å². The molecule has 1 aromatic rings. The Morgan fingerprint density at radius 3 is 2.73 bits per heavy atom. The van der Waals surface area contributed by atoms with Crippen LogP contribution in [0.5, 0.6) is 0 Å². The molecule has 1 aromatic heterocycles. The molecule has 0 atom stereocenters. The second-order valence-electron chi connectivity index (χ2n) is 2.49. The van der Waals surface area contributed by atoms with Crippen LogP contribution in [0.4, 0.5) is 5.82 Å². The van der Waals surface area contributed by atoms with E-state index in [1.807, 2.05) is 13.0 Å². The van der Waals surface area contributed by atoms with Crippen molar-refractivity contribution in [2.45, 2.75) is 6.92 Å². The van der Waals surface area contributed by atoms with Crippen molar-refractivity contribution in [2.75, 3.05) is 5.73 Å². The van der Waals surface area contributed by atoms with Crippen LogP contribution in [0, 0.1) is 0 Å². The third-order valence-electron chi connectivity index (χ3n) is 1.30. The van der Waals surface area contributed by atoms with Gasteiger partial charge in [0.05, 0.1) is 5.35 Å². The molecule has 0 aromatic carbocycles. The highest BCUT2D eigenvalue weighted by molar-refractivity contribution is 5.49. The minimum Gasteiger partial charge on any atom is -0.382 e. The summed E-state index contributed by atoms with van der Waals surface area (Å²) in [6, 6.07) is 0. The first kappa shape index (κ1) is 7.60. The lowest BCUT2D eigenvalue weighted by molar-refractivity contribution is 1.07. The molecular weight excluding hydrogens is 138 g/mol. The summed E-state index contributed by atoms with van der Waals surface area (Å²) in [5.41, 5.74) is 6.47. The number of allylic oxidation sites excluding steroid dienone is 1. The van der Waals surface area contributed by atoms with Gasteiger partial charge in [-0.25, -0.2) is 0 Å². The van der Waals surface area contributed by atoms with Crippen molar-refractivity contribution in [3.63, 3.8) is 0 Å².